The van der Waals surface area contributed by atoms with Crippen LogP contribution in [-0.2, 0) is 4.79 Å². The van der Waals surface area contributed by atoms with Crippen molar-refractivity contribution in [3.8, 4) is 12.5 Å². The van der Waals surface area contributed by atoms with Crippen LogP contribution < -0.4 is 0 Å². The van der Waals surface area contributed by atoms with Gasteiger partial charge in [0.15, 0.2) is 5.78 Å². The van der Waals surface area contributed by atoms with Gasteiger partial charge >= 0.3 is 0 Å². The van der Waals surface area contributed by atoms with Crippen LogP contribution in [0.4, 0.5) is 0 Å². The summed E-state index contributed by atoms with van der Waals surface area (Å²) < 4.78 is 0. The molecular weight excluding hydrogens is 138 g/mol. The van der Waals surface area contributed by atoms with Crippen LogP contribution in [0.15, 0.2) is 0 Å². The zero-order valence-electron chi connectivity index (χ0n) is 6.84. The Kier molecular flexibility index (Phi) is 2.53. The fourth-order valence-electron chi connectivity index (χ4n) is 1.51. The van der Waals surface area contributed by atoms with E-state index in [1.807, 2.05) is 4.90 Å². The molecule has 1 rings (SSSR count). The van der Waals surface area contributed by atoms with Crippen molar-refractivity contribution in [2.75, 3.05) is 6.54 Å². The van der Waals surface area contributed by atoms with Gasteiger partial charge in [0.25, 0.3) is 0 Å². The Morgan fingerprint density at radius 2 is 2.36 bits per heavy atom. The van der Waals surface area contributed by atoms with Crippen LogP contribution in [0.2, 0.25) is 0 Å². The van der Waals surface area contributed by atoms with Crippen LogP contribution >= 0.6 is 0 Å². The fraction of sp³-hybridized carbons (Fsp3) is 0.667. The Morgan fingerprint density at radius 3 is 2.82 bits per heavy atom. The van der Waals surface area contributed by atoms with Crippen LogP contribution in [0, 0.1) is 12.5 Å². The molecular formula is C9H13NO. The Bertz CT molecular complexity index is 192. The average Bonchev–Trinajstić information content (AvgIpc) is 2.04. The van der Waals surface area contributed by atoms with Crippen molar-refractivity contribution in [1.29, 1.82) is 0 Å². The van der Waals surface area contributed by atoms with E-state index in [-0.39, 0.29) is 11.8 Å². The first-order chi connectivity index (χ1) is 5.25. The van der Waals surface area contributed by atoms with Gasteiger partial charge in [0, 0.05) is 12.6 Å². The maximum atomic E-state index is 11.0. The minimum Gasteiger partial charge on any atom is -0.322 e. The number of hydrogen-bond donors (Lipinski definition) is 0. The lowest BCUT2D eigenvalue weighted by molar-refractivity contribution is -0.121. The number of rotatable bonds is 1. The van der Waals surface area contributed by atoms with E-state index >= 15 is 0 Å². The van der Waals surface area contributed by atoms with E-state index in [1.54, 1.807) is 6.92 Å². The van der Waals surface area contributed by atoms with Gasteiger partial charge < -0.3 is 4.90 Å². The largest absolute Gasteiger partial charge is 0.322 e. The van der Waals surface area contributed by atoms with Gasteiger partial charge in [-0.25, -0.2) is 0 Å². The molecule has 0 aliphatic carbocycles. The number of hydrogen-bond acceptors (Lipinski definition) is 2. The third-order valence-electron chi connectivity index (χ3n) is 2.14. The third-order valence-corrected chi connectivity index (χ3v) is 2.14. The van der Waals surface area contributed by atoms with Crippen LogP contribution in [0.5, 0.6) is 0 Å². The molecule has 1 aliphatic rings. The summed E-state index contributed by atoms with van der Waals surface area (Å²) in [6, 6.07) is 2.54. The van der Waals surface area contributed by atoms with Crippen molar-refractivity contribution in [3.63, 3.8) is 0 Å². The van der Waals surface area contributed by atoms with Gasteiger partial charge in [-0.05, 0) is 26.2 Å². The number of piperidine rings is 1. The Hall–Kier alpha value is -0.970. The molecule has 60 valence electrons. The Morgan fingerprint density at radius 1 is 1.64 bits per heavy atom. The summed E-state index contributed by atoms with van der Waals surface area (Å²) in [6.45, 7) is 2.49. The summed E-state index contributed by atoms with van der Waals surface area (Å²) in [6.07, 6.45) is 8.43. The van der Waals surface area contributed by atoms with Gasteiger partial charge in [-0.3, -0.25) is 4.79 Å². The predicted molar refractivity (Wildman–Crippen MR) is 43.9 cm³/mol. The summed E-state index contributed by atoms with van der Waals surface area (Å²) in [5.74, 6) is 0.197. The van der Waals surface area contributed by atoms with Crippen LogP contribution in [0.3, 0.4) is 0 Å². The second-order valence-electron chi connectivity index (χ2n) is 2.94. The normalized spacial score (nSPS) is 24.4. The van der Waals surface area contributed by atoms with Crippen molar-refractivity contribution in [3.05, 3.63) is 0 Å². The molecule has 1 fully saturated rings. The summed E-state index contributed by atoms with van der Waals surface area (Å²) in [7, 11) is 0. The molecule has 0 radical (unpaired) electrons. The van der Waals surface area contributed by atoms with Crippen molar-refractivity contribution < 1.29 is 4.79 Å². The molecule has 1 saturated heterocycles. The standard InChI is InChI=1S/C9H13NO/c1-3-10-7-5-4-6-9(10)8(2)11/h1,9H,4-7H2,2H3. The molecule has 0 spiro atoms. The molecule has 0 aromatic carbocycles. The molecule has 2 nitrogen and oxygen atoms in total. The number of terminal acetylenes is 1. The fourth-order valence-corrected chi connectivity index (χ4v) is 1.51. The second-order valence-corrected chi connectivity index (χ2v) is 2.94. The summed E-state index contributed by atoms with van der Waals surface area (Å²) >= 11 is 0. The molecule has 1 aliphatic heterocycles. The molecule has 0 N–H and O–H groups in total. The van der Waals surface area contributed by atoms with Crippen LogP contribution in [0.25, 0.3) is 0 Å². The SMILES string of the molecule is C#CN1CCCCC1C(C)=O. The van der Waals surface area contributed by atoms with Gasteiger partial charge in [0.05, 0.1) is 6.04 Å². The highest BCUT2D eigenvalue weighted by atomic mass is 16.1. The lowest BCUT2D eigenvalue weighted by Crippen LogP contribution is -2.40. The maximum absolute atomic E-state index is 11.0. The van der Waals surface area contributed by atoms with Gasteiger partial charge in [-0.1, -0.05) is 6.42 Å². The first-order valence-corrected chi connectivity index (χ1v) is 3.99. The first kappa shape index (κ1) is 8.13. The average molecular weight is 151 g/mol. The van der Waals surface area contributed by atoms with Gasteiger partial charge in [0.1, 0.15) is 0 Å². The number of Topliss-reactive ketones (excluding diaryl/α,β-unsaturated/α-hetero) is 1. The molecule has 0 amide bonds. The molecule has 1 unspecified atom stereocenters. The van der Waals surface area contributed by atoms with E-state index in [1.165, 1.54) is 0 Å². The zero-order valence-corrected chi connectivity index (χ0v) is 6.84. The molecule has 0 bridgehead atoms. The predicted octanol–water partition coefficient (Wildman–Crippen LogP) is 1.02. The topological polar surface area (TPSA) is 20.3 Å². The van der Waals surface area contributed by atoms with Gasteiger partial charge in [0.2, 0.25) is 0 Å². The molecule has 1 heterocycles. The van der Waals surface area contributed by atoms with E-state index < -0.39 is 0 Å². The molecule has 2 heteroatoms. The Labute approximate surface area is 67.6 Å². The van der Waals surface area contributed by atoms with Crippen molar-refractivity contribution in [2.45, 2.75) is 32.2 Å². The summed E-state index contributed by atoms with van der Waals surface area (Å²) in [4.78, 5) is 12.8. The molecule has 11 heavy (non-hydrogen) atoms. The second kappa shape index (κ2) is 3.43. The first-order valence-electron chi connectivity index (χ1n) is 3.99. The van der Waals surface area contributed by atoms with Crippen molar-refractivity contribution >= 4 is 5.78 Å². The quantitative estimate of drug-likeness (QED) is 0.521. The number of carbonyl (C=O) groups excluding carboxylic acids is 1. The number of ketones is 1. The highest BCUT2D eigenvalue weighted by Gasteiger charge is 2.23. The maximum Gasteiger partial charge on any atom is 0.152 e. The molecule has 1 atom stereocenters. The van der Waals surface area contributed by atoms with Crippen molar-refractivity contribution in [1.82, 2.24) is 4.90 Å². The van der Waals surface area contributed by atoms with Crippen LogP contribution in [-0.4, -0.2) is 23.3 Å². The monoisotopic (exact) mass is 151 g/mol. The van der Waals surface area contributed by atoms with E-state index in [4.69, 9.17) is 6.42 Å². The third kappa shape index (κ3) is 1.74. The highest BCUT2D eigenvalue weighted by molar-refractivity contribution is 5.81. The molecule has 0 saturated carbocycles. The number of carbonyl (C=O) groups is 1. The molecule has 0 aromatic rings. The Balaban J connectivity index is 2.60. The highest BCUT2D eigenvalue weighted by Crippen LogP contribution is 2.16. The number of nitrogens with zero attached hydrogens (tertiary/aromatic N) is 1. The summed E-state index contributed by atoms with van der Waals surface area (Å²) in [5, 5.41) is 0. The van der Waals surface area contributed by atoms with Gasteiger partial charge in [-0.15, -0.1) is 0 Å². The van der Waals surface area contributed by atoms with E-state index in [2.05, 4.69) is 6.04 Å². The van der Waals surface area contributed by atoms with Crippen LogP contribution in [0.1, 0.15) is 26.2 Å². The minimum atomic E-state index is -0.00579. The van der Waals surface area contributed by atoms with E-state index in [0.29, 0.717) is 0 Å². The minimum absolute atomic E-state index is 0.00579. The lowest BCUT2D eigenvalue weighted by Gasteiger charge is -2.30. The molecule has 0 aromatic heterocycles. The van der Waals surface area contributed by atoms with Crippen molar-refractivity contribution in [2.24, 2.45) is 0 Å². The smallest absolute Gasteiger partial charge is 0.152 e. The van der Waals surface area contributed by atoms with E-state index in [0.717, 1.165) is 25.8 Å². The summed E-state index contributed by atoms with van der Waals surface area (Å²) in [5.41, 5.74) is 0. The van der Waals surface area contributed by atoms with Gasteiger partial charge in [-0.2, -0.15) is 0 Å². The zero-order chi connectivity index (χ0) is 8.27. The lowest BCUT2D eigenvalue weighted by atomic mass is 10.00. The van der Waals surface area contributed by atoms with E-state index in [9.17, 15) is 4.79 Å². The number of likely N-dealkylation sites (tertiary alicyclic amines) is 1.